The second-order valence-corrected chi connectivity index (χ2v) is 2.37. The summed E-state index contributed by atoms with van der Waals surface area (Å²) in [6, 6.07) is -0.494. The number of carbonyl (C=O) groups is 2. The first kappa shape index (κ1) is 6.84. The summed E-state index contributed by atoms with van der Waals surface area (Å²) in [5.74, 6) is -0.471. The molecule has 0 aromatic carbocycles. The van der Waals surface area contributed by atoms with E-state index in [1.807, 2.05) is 0 Å². The summed E-state index contributed by atoms with van der Waals surface area (Å²) in [5.41, 5.74) is 0.895. The van der Waals surface area contributed by atoms with Gasteiger partial charge in [0.15, 0.2) is 5.69 Å². The lowest BCUT2D eigenvalue weighted by Crippen LogP contribution is -2.36. The van der Waals surface area contributed by atoms with Gasteiger partial charge >= 0.3 is 6.03 Å². The van der Waals surface area contributed by atoms with E-state index in [0.717, 1.165) is 0 Å². The zero-order valence-corrected chi connectivity index (χ0v) is 6.05. The average Bonchev–Trinajstić information content (AvgIpc) is 2.43. The summed E-state index contributed by atoms with van der Waals surface area (Å²) < 4.78 is 0. The predicted octanol–water partition coefficient (Wildman–Crippen LogP) is -0.637. The Balaban J connectivity index is 2.41. The molecule has 2 rings (SSSR count). The van der Waals surface area contributed by atoms with Gasteiger partial charge in [-0.25, -0.2) is 9.78 Å². The van der Waals surface area contributed by atoms with Gasteiger partial charge in [0.05, 0.1) is 18.6 Å². The van der Waals surface area contributed by atoms with Crippen molar-refractivity contribution in [1.29, 1.82) is 0 Å². The van der Waals surface area contributed by atoms with Gasteiger partial charge in [0.25, 0.3) is 5.91 Å². The van der Waals surface area contributed by atoms with Gasteiger partial charge in [-0.2, -0.15) is 0 Å². The second kappa shape index (κ2) is 2.33. The minimum Gasteiger partial charge on any atom is -0.346 e. The predicted molar refractivity (Wildman–Crippen MR) is 38.3 cm³/mol. The fourth-order valence-corrected chi connectivity index (χ4v) is 1.03. The largest absolute Gasteiger partial charge is 0.346 e. The normalized spacial score (nSPS) is 16.0. The van der Waals surface area contributed by atoms with Crippen LogP contribution in [0.4, 0.5) is 4.79 Å². The summed E-state index contributed by atoms with van der Waals surface area (Å²) in [7, 11) is 0. The first-order valence-electron chi connectivity index (χ1n) is 3.39. The second-order valence-electron chi connectivity index (χ2n) is 2.37. The van der Waals surface area contributed by atoms with Gasteiger partial charge in [-0.1, -0.05) is 0 Å². The van der Waals surface area contributed by atoms with Gasteiger partial charge < -0.3 is 10.3 Å². The van der Waals surface area contributed by atoms with Crippen molar-refractivity contribution >= 4 is 11.9 Å². The smallest absolute Gasteiger partial charge is 0.322 e. The lowest BCUT2D eigenvalue weighted by Gasteiger charge is -1.96. The van der Waals surface area contributed by atoms with E-state index in [9.17, 15) is 9.59 Å². The van der Waals surface area contributed by atoms with Crippen LogP contribution in [-0.4, -0.2) is 21.9 Å². The lowest BCUT2D eigenvalue weighted by molar-refractivity contribution is 0.0962. The number of aromatic amines is 1. The number of urea groups is 1. The molecule has 3 N–H and O–H groups in total. The summed E-state index contributed by atoms with van der Waals surface area (Å²) in [5, 5.41) is 4.59. The van der Waals surface area contributed by atoms with Gasteiger partial charge in [0.2, 0.25) is 0 Å². The lowest BCUT2D eigenvalue weighted by atomic mass is 10.3. The van der Waals surface area contributed by atoms with E-state index in [4.69, 9.17) is 0 Å². The van der Waals surface area contributed by atoms with Crippen LogP contribution in [0.1, 0.15) is 16.2 Å². The Bertz CT molecular complexity index is 343. The maximum absolute atomic E-state index is 11.1. The van der Waals surface area contributed by atoms with Crippen LogP contribution in [-0.2, 0) is 6.54 Å². The van der Waals surface area contributed by atoms with Crippen LogP contribution < -0.4 is 10.6 Å². The highest BCUT2D eigenvalue weighted by Gasteiger charge is 2.20. The van der Waals surface area contributed by atoms with E-state index < -0.39 is 11.9 Å². The van der Waals surface area contributed by atoms with Crippen LogP contribution in [0.15, 0.2) is 6.33 Å². The highest BCUT2D eigenvalue weighted by molar-refractivity contribution is 6.04. The molecule has 62 valence electrons. The molecule has 2 heterocycles. The quantitative estimate of drug-likeness (QED) is 0.479. The number of hydrogen-bond donors (Lipinski definition) is 3. The Morgan fingerprint density at radius 1 is 1.42 bits per heavy atom. The highest BCUT2D eigenvalue weighted by atomic mass is 16.2. The van der Waals surface area contributed by atoms with Crippen LogP contribution in [0, 0.1) is 0 Å². The third-order valence-corrected chi connectivity index (χ3v) is 1.59. The van der Waals surface area contributed by atoms with Crippen molar-refractivity contribution in [1.82, 2.24) is 20.6 Å². The first-order chi connectivity index (χ1) is 5.77. The Kier molecular flexibility index (Phi) is 1.33. The number of fused-ring (bicyclic) bond motifs is 1. The first-order valence-corrected chi connectivity index (χ1v) is 3.39. The molecule has 1 aromatic heterocycles. The minimum atomic E-state index is -0.494. The number of imidazole rings is 1. The van der Waals surface area contributed by atoms with E-state index in [1.54, 1.807) is 0 Å². The van der Waals surface area contributed by atoms with Crippen LogP contribution in [0.2, 0.25) is 0 Å². The molecule has 1 aliphatic rings. The van der Waals surface area contributed by atoms with Gasteiger partial charge in [0, 0.05) is 0 Å². The SMILES string of the molecule is O=C1NCc2[nH]cnc2C(=O)N1. The third-order valence-electron chi connectivity index (χ3n) is 1.59. The molecule has 12 heavy (non-hydrogen) atoms. The molecule has 3 amide bonds. The fraction of sp³-hybridized carbons (Fsp3) is 0.167. The Morgan fingerprint density at radius 2 is 2.25 bits per heavy atom. The standard InChI is InChI=1S/C6H6N4O2/c11-5-4-3(8-2-9-4)1-7-6(12)10-5/h2H,1H2,(H,8,9)(H2,7,10,11,12). The summed E-state index contributed by atoms with van der Waals surface area (Å²) in [6.45, 7) is 0.299. The number of nitrogens with zero attached hydrogens (tertiary/aromatic N) is 1. The van der Waals surface area contributed by atoms with Crippen molar-refractivity contribution in [3.63, 3.8) is 0 Å². The number of hydrogen-bond acceptors (Lipinski definition) is 3. The van der Waals surface area contributed by atoms with Crippen LogP contribution >= 0.6 is 0 Å². The number of rotatable bonds is 0. The highest BCUT2D eigenvalue weighted by Crippen LogP contribution is 2.04. The Labute approximate surface area is 67.4 Å². The molecule has 0 atom stereocenters. The molecule has 0 saturated heterocycles. The molecule has 0 unspecified atom stereocenters. The van der Waals surface area contributed by atoms with Gasteiger partial charge in [-0.15, -0.1) is 0 Å². The molecule has 0 bridgehead atoms. The maximum Gasteiger partial charge on any atom is 0.322 e. The minimum absolute atomic E-state index is 0.272. The summed E-state index contributed by atoms with van der Waals surface area (Å²) >= 11 is 0. The van der Waals surface area contributed by atoms with Crippen LogP contribution in [0.5, 0.6) is 0 Å². The molecule has 6 nitrogen and oxygen atoms in total. The fourth-order valence-electron chi connectivity index (χ4n) is 1.03. The molecule has 1 aromatic rings. The number of amides is 3. The topological polar surface area (TPSA) is 86.9 Å². The molecule has 0 aliphatic carbocycles. The Morgan fingerprint density at radius 3 is 3.08 bits per heavy atom. The number of aromatic nitrogens is 2. The average molecular weight is 166 g/mol. The van der Waals surface area contributed by atoms with Crippen molar-refractivity contribution in [2.75, 3.05) is 0 Å². The van der Waals surface area contributed by atoms with Crippen molar-refractivity contribution in [2.45, 2.75) is 6.54 Å². The maximum atomic E-state index is 11.1. The molecule has 0 radical (unpaired) electrons. The third kappa shape index (κ3) is 0.931. The van der Waals surface area contributed by atoms with Crippen molar-refractivity contribution in [3.8, 4) is 0 Å². The van der Waals surface area contributed by atoms with Crippen molar-refractivity contribution in [3.05, 3.63) is 17.7 Å². The molecule has 1 aliphatic heterocycles. The van der Waals surface area contributed by atoms with E-state index in [0.29, 0.717) is 12.2 Å². The van der Waals surface area contributed by atoms with E-state index in [1.165, 1.54) is 6.33 Å². The monoisotopic (exact) mass is 166 g/mol. The Hall–Kier alpha value is -1.85. The van der Waals surface area contributed by atoms with E-state index >= 15 is 0 Å². The van der Waals surface area contributed by atoms with Gasteiger partial charge in [-0.05, 0) is 0 Å². The number of nitrogens with one attached hydrogen (secondary N) is 3. The van der Waals surface area contributed by atoms with E-state index in [-0.39, 0.29) is 5.69 Å². The van der Waals surface area contributed by atoms with Gasteiger partial charge in [-0.3, -0.25) is 10.1 Å². The van der Waals surface area contributed by atoms with Crippen molar-refractivity contribution in [2.24, 2.45) is 0 Å². The summed E-state index contributed by atoms with van der Waals surface area (Å²) in [4.78, 5) is 28.4. The molecule has 6 heteroatoms. The molecule has 0 saturated carbocycles. The zero-order valence-electron chi connectivity index (χ0n) is 6.05. The van der Waals surface area contributed by atoms with Gasteiger partial charge in [0.1, 0.15) is 0 Å². The van der Waals surface area contributed by atoms with Crippen molar-refractivity contribution < 1.29 is 9.59 Å². The molecular weight excluding hydrogens is 160 g/mol. The zero-order chi connectivity index (χ0) is 8.55. The number of imide groups is 1. The molecular formula is C6H6N4O2. The van der Waals surface area contributed by atoms with Crippen LogP contribution in [0.3, 0.4) is 0 Å². The van der Waals surface area contributed by atoms with Crippen LogP contribution in [0.25, 0.3) is 0 Å². The molecule has 0 spiro atoms. The number of carbonyl (C=O) groups excluding carboxylic acids is 2. The van der Waals surface area contributed by atoms with E-state index in [2.05, 4.69) is 20.6 Å². The molecule has 0 fully saturated rings. The summed E-state index contributed by atoms with van der Waals surface area (Å²) in [6.07, 6.45) is 1.42. The number of H-pyrrole nitrogens is 1.